The Kier molecular flexibility index (Phi) is 10.2. The Morgan fingerprint density at radius 3 is 2.68 bits per heavy atom. The van der Waals surface area contributed by atoms with E-state index in [1.807, 2.05) is 0 Å². The maximum absolute atomic E-state index is 11.7. The van der Waals surface area contributed by atoms with Crippen LogP contribution in [0.1, 0.15) is 33.1 Å². The summed E-state index contributed by atoms with van der Waals surface area (Å²) in [4.78, 5) is 11.7. The Balaban J connectivity index is 0.00000324. The van der Waals surface area contributed by atoms with Gasteiger partial charge < -0.3 is 20.5 Å². The van der Waals surface area contributed by atoms with E-state index in [0.717, 1.165) is 25.9 Å². The zero-order chi connectivity index (χ0) is 13.4. The van der Waals surface area contributed by atoms with Crippen LogP contribution in [0.3, 0.4) is 0 Å². The van der Waals surface area contributed by atoms with E-state index in [4.69, 9.17) is 4.74 Å². The van der Waals surface area contributed by atoms with Crippen LogP contribution in [0.5, 0.6) is 0 Å². The maximum Gasteiger partial charge on any atom is 0.222 e. The van der Waals surface area contributed by atoms with E-state index in [1.165, 1.54) is 0 Å². The summed E-state index contributed by atoms with van der Waals surface area (Å²) in [5, 5.41) is 15.9. The lowest BCUT2D eigenvalue weighted by Crippen LogP contribution is -2.43. The van der Waals surface area contributed by atoms with E-state index >= 15 is 0 Å². The van der Waals surface area contributed by atoms with E-state index in [2.05, 4.69) is 24.5 Å². The van der Waals surface area contributed by atoms with Gasteiger partial charge in [0.15, 0.2) is 0 Å². The monoisotopic (exact) mass is 294 g/mol. The minimum absolute atomic E-state index is 0. The number of amides is 1. The molecule has 6 heteroatoms. The summed E-state index contributed by atoms with van der Waals surface area (Å²) in [5.74, 6) is 0.214. The quantitative estimate of drug-likeness (QED) is 0.646. The van der Waals surface area contributed by atoms with Crippen LogP contribution in [0.2, 0.25) is 0 Å². The number of hydrogen-bond acceptors (Lipinski definition) is 4. The summed E-state index contributed by atoms with van der Waals surface area (Å²) in [7, 11) is 0. The number of aliphatic hydroxyl groups is 1. The van der Waals surface area contributed by atoms with Crippen molar-refractivity contribution in [3.63, 3.8) is 0 Å². The van der Waals surface area contributed by atoms with Gasteiger partial charge in [0, 0.05) is 19.6 Å². The molecule has 1 rings (SSSR count). The SMILES string of the molecule is CCC(CC)C(O)CNC(=O)CC1CNCCO1.Cl. The molecule has 0 aromatic rings. The molecule has 0 spiro atoms. The second-order valence-corrected chi connectivity index (χ2v) is 4.85. The van der Waals surface area contributed by atoms with Gasteiger partial charge >= 0.3 is 0 Å². The van der Waals surface area contributed by atoms with Gasteiger partial charge in [-0.2, -0.15) is 0 Å². The average Bonchev–Trinajstić information content (AvgIpc) is 2.39. The molecule has 0 saturated carbocycles. The van der Waals surface area contributed by atoms with Crippen LogP contribution in [0.25, 0.3) is 0 Å². The molecule has 1 aliphatic heterocycles. The predicted octanol–water partition coefficient (Wildman–Crippen LogP) is 0.700. The van der Waals surface area contributed by atoms with Crippen molar-refractivity contribution in [1.82, 2.24) is 10.6 Å². The molecule has 2 unspecified atom stereocenters. The van der Waals surface area contributed by atoms with Gasteiger partial charge in [0.2, 0.25) is 5.91 Å². The van der Waals surface area contributed by atoms with Crippen LogP contribution >= 0.6 is 12.4 Å². The van der Waals surface area contributed by atoms with E-state index in [1.54, 1.807) is 0 Å². The average molecular weight is 295 g/mol. The van der Waals surface area contributed by atoms with Gasteiger partial charge in [0.05, 0.1) is 25.2 Å². The summed E-state index contributed by atoms with van der Waals surface area (Å²) in [5.41, 5.74) is 0. The molecular weight excluding hydrogens is 268 g/mol. The van der Waals surface area contributed by atoms with Crippen molar-refractivity contribution in [3.8, 4) is 0 Å². The fourth-order valence-corrected chi connectivity index (χ4v) is 2.25. The Morgan fingerprint density at radius 2 is 2.16 bits per heavy atom. The van der Waals surface area contributed by atoms with Crippen molar-refractivity contribution in [2.24, 2.45) is 5.92 Å². The molecular formula is C13H27ClN2O3. The van der Waals surface area contributed by atoms with E-state index in [-0.39, 0.29) is 30.3 Å². The number of carbonyl (C=O) groups excluding carboxylic acids is 1. The summed E-state index contributed by atoms with van der Waals surface area (Å²) in [6, 6.07) is 0. The van der Waals surface area contributed by atoms with Gasteiger partial charge in [-0.25, -0.2) is 0 Å². The number of rotatable bonds is 7. The molecule has 1 amide bonds. The second kappa shape index (κ2) is 10.4. The third kappa shape index (κ3) is 7.11. The molecule has 0 bridgehead atoms. The fraction of sp³-hybridized carbons (Fsp3) is 0.923. The topological polar surface area (TPSA) is 70.6 Å². The van der Waals surface area contributed by atoms with Crippen LogP contribution in [0.15, 0.2) is 0 Å². The largest absolute Gasteiger partial charge is 0.391 e. The molecule has 1 aliphatic rings. The zero-order valence-corrected chi connectivity index (χ0v) is 12.7. The first-order valence-corrected chi connectivity index (χ1v) is 6.94. The summed E-state index contributed by atoms with van der Waals surface area (Å²) < 4.78 is 5.46. The highest BCUT2D eigenvalue weighted by atomic mass is 35.5. The van der Waals surface area contributed by atoms with Crippen molar-refractivity contribution in [3.05, 3.63) is 0 Å². The van der Waals surface area contributed by atoms with Crippen molar-refractivity contribution in [1.29, 1.82) is 0 Å². The number of morpholine rings is 1. The molecule has 1 fully saturated rings. The van der Waals surface area contributed by atoms with Crippen molar-refractivity contribution in [2.75, 3.05) is 26.2 Å². The molecule has 5 nitrogen and oxygen atoms in total. The molecule has 0 aromatic heterocycles. The molecule has 0 aromatic carbocycles. The summed E-state index contributed by atoms with van der Waals surface area (Å²) >= 11 is 0. The van der Waals surface area contributed by atoms with Crippen LogP contribution < -0.4 is 10.6 Å². The second-order valence-electron chi connectivity index (χ2n) is 4.85. The van der Waals surface area contributed by atoms with E-state index < -0.39 is 6.10 Å². The van der Waals surface area contributed by atoms with Gasteiger partial charge in [0.1, 0.15) is 0 Å². The van der Waals surface area contributed by atoms with E-state index in [9.17, 15) is 9.90 Å². The Morgan fingerprint density at radius 1 is 1.47 bits per heavy atom. The normalized spacial score (nSPS) is 20.7. The summed E-state index contributed by atoms with van der Waals surface area (Å²) in [6.07, 6.45) is 1.74. The standard InChI is InChI=1S/C13H26N2O3.ClH/c1-3-10(4-2)12(16)9-15-13(17)7-11-8-14-5-6-18-11;/h10-12,14,16H,3-9H2,1-2H3,(H,15,17);1H. The minimum Gasteiger partial charge on any atom is -0.391 e. The Bertz CT molecular complexity index is 244. The molecule has 0 aliphatic carbocycles. The van der Waals surface area contributed by atoms with Crippen LogP contribution in [0.4, 0.5) is 0 Å². The Hall–Kier alpha value is -0.360. The smallest absolute Gasteiger partial charge is 0.222 e. The lowest BCUT2D eigenvalue weighted by atomic mass is 9.96. The van der Waals surface area contributed by atoms with Crippen molar-refractivity contribution < 1.29 is 14.6 Å². The van der Waals surface area contributed by atoms with Gasteiger partial charge in [-0.3, -0.25) is 4.79 Å². The van der Waals surface area contributed by atoms with Crippen LogP contribution in [-0.2, 0) is 9.53 Å². The number of carbonyl (C=O) groups is 1. The van der Waals surface area contributed by atoms with Crippen LogP contribution in [-0.4, -0.2) is 49.5 Å². The lowest BCUT2D eigenvalue weighted by Gasteiger charge is -2.24. The number of hydrogen-bond donors (Lipinski definition) is 3. The molecule has 114 valence electrons. The predicted molar refractivity (Wildman–Crippen MR) is 77.6 cm³/mol. The highest BCUT2D eigenvalue weighted by Gasteiger charge is 2.19. The van der Waals surface area contributed by atoms with Gasteiger partial charge in [-0.1, -0.05) is 26.7 Å². The van der Waals surface area contributed by atoms with Gasteiger partial charge in [-0.15, -0.1) is 12.4 Å². The van der Waals surface area contributed by atoms with Crippen molar-refractivity contribution >= 4 is 18.3 Å². The summed E-state index contributed by atoms with van der Waals surface area (Å²) in [6.45, 7) is 6.69. The molecule has 1 heterocycles. The third-order valence-corrected chi connectivity index (χ3v) is 3.52. The number of halogens is 1. The van der Waals surface area contributed by atoms with E-state index in [0.29, 0.717) is 19.6 Å². The third-order valence-electron chi connectivity index (χ3n) is 3.52. The first kappa shape index (κ1) is 18.6. The highest BCUT2D eigenvalue weighted by molar-refractivity contribution is 5.85. The Labute approximate surface area is 121 Å². The first-order valence-electron chi connectivity index (χ1n) is 6.94. The minimum atomic E-state index is -0.450. The van der Waals surface area contributed by atoms with Gasteiger partial charge in [0.25, 0.3) is 0 Å². The lowest BCUT2D eigenvalue weighted by molar-refractivity contribution is -0.125. The molecule has 1 saturated heterocycles. The zero-order valence-electron chi connectivity index (χ0n) is 11.9. The van der Waals surface area contributed by atoms with Gasteiger partial charge in [-0.05, 0) is 5.92 Å². The fourth-order valence-electron chi connectivity index (χ4n) is 2.25. The molecule has 2 atom stereocenters. The number of nitrogens with one attached hydrogen (secondary N) is 2. The van der Waals surface area contributed by atoms with Crippen LogP contribution in [0, 0.1) is 5.92 Å². The molecule has 0 radical (unpaired) electrons. The maximum atomic E-state index is 11.7. The first-order chi connectivity index (χ1) is 8.67. The number of aliphatic hydroxyl groups excluding tert-OH is 1. The number of ether oxygens (including phenoxy) is 1. The molecule has 3 N–H and O–H groups in total. The highest BCUT2D eigenvalue weighted by Crippen LogP contribution is 2.12. The van der Waals surface area contributed by atoms with Crippen molar-refractivity contribution in [2.45, 2.75) is 45.3 Å². The molecule has 19 heavy (non-hydrogen) atoms.